The van der Waals surface area contributed by atoms with Gasteiger partial charge < -0.3 is 15.0 Å². The zero-order chi connectivity index (χ0) is 16.7. The summed E-state index contributed by atoms with van der Waals surface area (Å²) in [6, 6.07) is 9.12. The van der Waals surface area contributed by atoms with Crippen molar-refractivity contribution in [2.45, 2.75) is 25.5 Å². The fourth-order valence-corrected chi connectivity index (χ4v) is 2.58. The SMILES string of the molecule is CN(C)CCNC(=O)C1CCCN1C(=O)OCc1ccccc1. The first kappa shape index (κ1) is 17.3. The number of amides is 2. The molecule has 1 saturated heterocycles. The Balaban J connectivity index is 1.82. The van der Waals surface area contributed by atoms with E-state index in [1.807, 2.05) is 49.3 Å². The van der Waals surface area contributed by atoms with E-state index in [1.54, 1.807) is 0 Å². The summed E-state index contributed by atoms with van der Waals surface area (Å²) >= 11 is 0. The summed E-state index contributed by atoms with van der Waals surface area (Å²) in [7, 11) is 3.91. The molecule has 6 heteroatoms. The van der Waals surface area contributed by atoms with E-state index >= 15 is 0 Å². The summed E-state index contributed by atoms with van der Waals surface area (Å²) in [5.41, 5.74) is 0.937. The molecule has 1 aliphatic heterocycles. The van der Waals surface area contributed by atoms with Crippen LogP contribution in [0.5, 0.6) is 0 Å². The van der Waals surface area contributed by atoms with Crippen LogP contribution < -0.4 is 5.32 Å². The quantitative estimate of drug-likeness (QED) is 0.862. The lowest BCUT2D eigenvalue weighted by Gasteiger charge is -2.23. The van der Waals surface area contributed by atoms with E-state index in [9.17, 15) is 9.59 Å². The number of rotatable bonds is 6. The largest absolute Gasteiger partial charge is 0.445 e. The molecule has 1 aromatic rings. The van der Waals surface area contributed by atoms with Gasteiger partial charge in [0.25, 0.3) is 0 Å². The van der Waals surface area contributed by atoms with Crippen LogP contribution in [0.4, 0.5) is 4.79 Å². The minimum atomic E-state index is -0.417. The predicted octanol–water partition coefficient (Wildman–Crippen LogP) is 1.47. The molecule has 1 aliphatic rings. The standard InChI is InChI=1S/C17H25N3O3/c1-19(2)12-10-18-16(21)15-9-6-11-20(15)17(22)23-13-14-7-4-3-5-8-14/h3-5,7-8,15H,6,9-13H2,1-2H3,(H,18,21). The van der Waals surface area contributed by atoms with Gasteiger partial charge in [-0.3, -0.25) is 9.69 Å². The molecule has 1 aromatic carbocycles. The number of nitrogens with zero attached hydrogens (tertiary/aromatic N) is 2. The lowest BCUT2D eigenvalue weighted by Crippen LogP contribution is -2.47. The maximum atomic E-state index is 12.2. The van der Waals surface area contributed by atoms with Crippen molar-refractivity contribution in [2.24, 2.45) is 0 Å². The minimum Gasteiger partial charge on any atom is -0.445 e. The molecule has 2 rings (SSSR count). The van der Waals surface area contributed by atoms with Crippen LogP contribution in [-0.2, 0) is 16.1 Å². The van der Waals surface area contributed by atoms with Crippen LogP contribution >= 0.6 is 0 Å². The molecule has 23 heavy (non-hydrogen) atoms. The third-order valence-corrected chi connectivity index (χ3v) is 3.85. The van der Waals surface area contributed by atoms with Crippen LogP contribution in [0.2, 0.25) is 0 Å². The van der Waals surface area contributed by atoms with Gasteiger partial charge in [-0.1, -0.05) is 30.3 Å². The molecule has 126 valence electrons. The molecule has 2 amide bonds. The Labute approximate surface area is 137 Å². The van der Waals surface area contributed by atoms with Crippen molar-refractivity contribution in [3.05, 3.63) is 35.9 Å². The molecular weight excluding hydrogens is 294 g/mol. The molecule has 0 saturated carbocycles. The second-order valence-corrected chi connectivity index (χ2v) is 5.99. The zero-order valence-electron chi connectivity index (χ0n) is 13.8. The Hall–Kier alpha value is -2.08. The van der Waals surface area contributed by atoms with Crippen molar-refractivity contribution < 1.29 is 14.3 Å². The van der Waals surface area contributed by atoms with E-state index in [0.717, 1.165) is 18.5 Å². The van der Waals surface area contributed by atoms with E-state index in [4.69, 9.17) is 4.74 Å². The summed E-state index contributed by atoms with van der Waals surface area (Å²) < 4.78 is 5.33. The van der Waals surface area contributed by atoms with Crippen LogP contribution in [0.15, 0.2) is 30.3 Å². The third-order valence-electron chi connectivity index (χ3n) is 3.85. The second-order valence-electron chi connectivity index (χ2n) is 5.99. The van der Waals surface area contributed by atoms with Gasteiger partial charge >= 0.3 is 6.09 Å². The Morgan fingerprint density at radius 2 is 2.04 bits per heavy atom. The lowest BCUT2D eigenvalue weighted by molar-refractivity contribution is -0.125. The second kappa shape index (κ2) is 8.53. The summed E-state index contributed by atoms with van der Waals surface area (Å²) in [6.45, 7) is 2.15. The fourth-order valence-electron chi connectivity index (χ4n) is 2.58. The van der Waals surface area contributed by atoms with Crippen LogP contribution in [0.1, 0.15) is 18.4 Å². The Morgan fingerprint density at radius 3 is 2.74 bits per heavy atom. The van der Waals surface area contributed by atoms with Gasteiger partial charge in [-0.25, -0.2) is 4.79 Å². The van der Waals surface area contributed by atoms with Gasteiger partial charge in [-0.2, -0.15) is 0 Å². The number of carbonyl (C=O) groups excluding carboxylic acids is 2. The topological polar surface area (TPSA) is 61.9 Å². The Morgan fingerprint density at radius 1 is 1.30 bits per heavy atom. The number of nitrogens with one attached hydrogen (secondary N) is 1. The normalized spacial score (nSPS) is 17.3. The van der Waals surface area contributed by atoms with Crippen molar-refractivity contribution in [1.29, 1.82) is 0 Å². The predicted molar refractivity (Wildman–Crippen MR) is 87.9 cm³/mol. The molecule has 0 spiro atoms. The number of likely N-dealkylation sites (N-methyl/N-ethyl adjacent to an activating group) is 1. The van der Waals surface area contributed by atoms with E-state index in [2.05, 4.69) is 5.32 Å². The van der Waals surface area contributed by atoms with E-state index in [-0.39, 0.29) is 12.5 Å². The summed E-state index contributed by atoms with van der Waals surface area (Å²) in [5, 5.41) is 2.88. The summed E-state index contributed by atoms with van der Waals surface area (Å²) in [4.78, 5) is 28.0. The van der Waals surface area contributed by atoms with Gasteiger partial charge in [-0.05, 0) is 32.5 Å². The molecule has 1 heterocycles. The lowest BCUT2D eigenvalue weighted by atomic mass is 10.2. The molecule has 0 aromatic heterocycles. The highest BCUT2D eigenvalue weighted by molar-refractivity contribution is 5.86. The Kier molecular flexibility index (Phi) is 6.40. The molecule has 0 aliphatic carbocycles. The van der Waals surface area contributed by atoms with Crippen LogP contribution in [0.3, 0.4) is 0 Å². The monoisotopic (exact) mass is 319 g/mol. The highest BCUT2D eigenvalue weighted by Gasteiger charge is 2.34. The van der Waals surface area contributed by atoms with Gasteiger partial charge in [-0.15, -0.1) is 0 Å². The average Bonchev–Trinajstić information content (AvgIpc) is 3.03. The number of benzene rings is 1. The van der Waals surface area contributed by atoms with E-state index < -0.39 is 12.1 Å². The molecule has 1 N–H and O–H groups in total. The van der Waals surface area contributed by atoms with Gasteiger partial charge in [0.2, 0.25) is 5.91 Å². The first-order chi connectivity index (χ1) is 11.1. The van der Waals surface area contributed by atoms with Crippen molar-refractivity contribution in [3.63, 3.8) is 0 Å². The maximum Gasteiger partial charge on any atom is 0.410 e. The van der Waals surface area contributed by atoms with Crippen molar-refractivity contribution in [2.75, 3.05) is 33.7 Å². The summed E-state index contributed by atoms with van der Waals surface area (Å²) in [5.74, 6) is -0.0963. The summed E-state index contributed by atoms with van der Waals surface area (Å²) in [6.07, 6.45) is 1.10. The van der Waals surface area contributed by atoms with Crippen LogP contribution in [0, 0.1) is 0 Å². The van der Waals surface area contributed by atoms with Crippen molar-refractivity contribution in [1.82, 2.24) is 15.1 Å². The van der Waals surface area contributed by atoms with Gasteiger partial charge in [0.1, 0.15) is 12.6 Å². The van der Waals surface area contributed by atoms with Gasteiger partial charge in [0.15, 0.2) is 0 Å². The Bertz CT molecular complexity index is 519. The molecular formula is C17H25N3O3. The third kappa shape index (κ3) is 5.25. The molecule has 6 nitrogen and oxygen atoms in total. The molecule has 0 bridgehead atoms. The van der Waals surface area contributed by atoms with Crippen molar-refractivity contribution in [3.8, 4) is 0 Å². The number of likely N-dealkylation sites (tertiary alicyclic amines) is 1. The smallest absolute Gasteiger partial charge is 0.410 e. The molecule has 1 fully saturated rings. The van der Waals surface area contributed by atoms with Crippen LogP contribution in [0.25, 0.3) is 0 Å². The van der Waals surface area contributed by atoms with Crippen molar-refractivity contribution >= 4 is 12.0 Å². The highest BCUT2D eigenvalue weighted by Crippen LogP contribution is 2.19. The average molecular weight is 319 g/mol. The fraction of sp³-hybridized carbons (Fsp3) is 0.529. The molecule has 1 atom stereocenters. The van der Waals surface area contributed by atoms with Gasteiger partial charge in [0.05, 0.1) is 0 Å². The highest BCUT2D eigenvalue weighted by atomic mass is 16.6. The van der Waals surface area contributed by atoms with Crippen LogP contribution in [-0.4, -0.2) is 61.6 Å². The first-order valence-electron chi connectivity index (χ1n) is 7.97. The van der Waals surface area contributed by atoms with Gasteiger partial charge in [0, 0.05) is 19.6 Å². The number of carbonyl (C=O) groups is 2. The first-order valence-corrected chi connectivity index (χ1v) is 7.97. The molecule has 0 radical (unpaired) electrons. The zero-order valence-corrected chi connectivity index (χ0v) is 13.8. The number of hydrogen-bond donors (Lipinski definition) is 1. The van der Waals surface area contributed by atoms with E-state index in [1.165, 1.54) is 4.90 Å². The van der Waals surface area contributed by atoms with E-state index in [0.29, 0.717) is 19.5 Å². The minimum absolute atomic E-state index is 0.0963. The molecule has 1 unspecified atom stereocenters. The number of ether oxygens (including phenoxy) is 1. The maximum absolute atomic E-state index is 12.2. The number of hydrogen-bond acceptors (Lipinski definition) is 4.